The standard InChI is InChI=1S/C15H12N2O5/c1-9(18)16-13-8-11(10-5-3-2-4-6-10)7-12(15(19)20)14(13)17(21)22/h2-8H,1H3,(H,16,18)(H,19,20). The SMILES string of the molecule is CC(=O)Nc1cc(-c2ccccc2)cc(C(=O)O)c1[N+](=O)[O-]. The van der Waals surface area contributed by atoms with Gasteiger partial charge in [-0.25, -0.2) is 4.79 Å². The highest BCUT2D eigenvalue weighted by molar-refractivity contribution is 6.01. The number of nitro groups is 1. The molecule has 0 spiro atoms. The summed E-state index contributed by atoms with van der Waals surface area (Å²) in [5, 5.41) is 22.7. The molecule has 7 heteroatoms. The number of nitrogens with zero attached hydrogens (tertiary/aromatic N) is 1. The van der Waals surface area contributed by atoms with Crippen LogP contribution in [-0.2, 0) is 4.79 Å². The lowest BCUT2D eigenvalue weighted by atomic mass is 10.00. The molecular weight excluding hydrogens is 288 g/mol. The van der Waals surface area contributed by atoms with Gasteiger partial charge in [0.2, 0.25) is 5.91 Å². The van der Waals surface area contributed by atoms with Gasteiger partial charge < -0.3 is 10.4 Å². The van der Waals surface area contributed by atoms with E-state index in [2.05, 4.69) is 5.32 Å². The van der Waals surface area contributed by atoms with Crippen molar-refractivity contribution in [3.63, 3.8) is 0 Å². The fraction of sp³-hybridized carbons (Fsp3) is 0.0667. The Kier molecular flexibility index (Phi) is 4.17. The van der Waals surface area contributed by atoms with Crippen molar-refractivity contribution in [2.75, 3.05) is 5.32 Å². The van der Waals surface area contributed by atoms with Crippen LogP contribution >= 0.6 is 0 Å². The lowest BCUT2D eigenvalue weighted by Gasteiger charge is -2.10. The van der Waals surface area contributed by atoms with Crippen LogP contribution < -0.4 is 5.32 Å². The van der Waals surface area contributed by atoms with E-state index in [0.717, 1.165) is 0 Å². The molecule has 2 aromatic rings. The number of carboxylic acid groups (broad SMARTS) is 1. The van der Waals surface area contributed by atoms with Crippen molar-refractivity contribution in [3.05, 3.63) is 58.1 Å². The molecule has 0 saturated carbocycles. The van der Waals surface area contributed by atoms with E-state index in [1.807, 2.05) is 0 Å². The first-order chi connectivity index (χ1) is 10.4. The molecule has 0 radical (unpaired) electrons. The number of carboxylic acids is 1. The van der Waals surface area contributed by atoms with E-state index in [4.69, 9.17) is 0 Å². The molecular formula is C15H12N2O5. The Balaban J connectivity index is 2.73. The third kappa shape index (κ3) is 3.09. The summed E-state index contributed by atoms with van der Waals surface area (Å²) in [6.45, 7) is 1.19. The van der Waals surface area contributed by atoms with Crippen LogP contribution in [0.2, 0.25) is 0 Å². The predicted octanol–water partition coefficient (Wildman–Crippen LogP) is 2.92. The Morgan fingerprint density at radius 3 is 2.27 bits per heavy atom. The summed E-state index contributed by atoms with van der Waals surface area (Å²) < 4.78 is 0. The second-order valence-corrected chi connectivity index (χ2v) is 4.53. The van der Waals surface area contributed by atoms with E-state index in [1.54, 1.807) is 30.3 Å². The lowest BCUT2D eigenvalue weighted by Crippen LogP contribution is -2.11. The molecule has 0 aromatic heterocycles. The summed E-state index contributed by atoms with van der Waals surface area (Å²) >= 11 is 0. The van der Waals surface area contributed by atoms with Crippen molar-refractivity contribution in [3.8, 4) is 11.1 Å². The van der Waals surface area contributed by atoms with Crippen LogP contribution in [0.4, 0.5) is 11.4 Å². The minimum Gasteiger partial charge on any atom is -0.477 e. The second-order valence-electron chi connectivity index (χ2n) is 4.53. The van der Waals surface area contributed by atoms with Crippen molar-refractivity contribution in [2.24, 2.45) is 0 Å². The van der Waals surface area contributed by atoms with E-state index in [0.29, 0.717) is 11.1 Å². The first-order valence-corrected chi connectivity index (χ1v) is 6.29. The van der Waals surface area contributed by atoms with Crippen LogP contribution in [0.15, 0.2) is 42.5 Å². The maximum atomic E-state index is 11.3. The molecule has 1 amide bonds. The molecule has 2 N–H and O–H groups in total. The van der Waals surface area contributed by atoms with Gasteiger partial charge in [-0.1, -0.05) is 30.3 Å². The quantitative estimate of drug-likeness (QED) is 0.666. The summed E-state index contributed by atoms with van der Waals surface area (Å²) in [4.78, 5) is 32.9. The predicted molar refractivity (Wildman–Crippen MR) is 79.8 cm³/mol. The van der Waals surface area contributed by atoms with Gasteiger partial charge in [0.15, 0.2) is 0 Å². The van der Waals surface area contributed by atoms with Gasteiger partial charge in [0, 0.05) is 6.92 Å². The smallest absolute Gasteiger partial charge is 0.342 e. The van der Waals surface area contributed by atoms with Crippen molar-refractivity contribution in [1.29, 1.82) is 0 Å². The Morgan fingerprint density at radius 2 is 1.77 bits per heavy atom. The first-order valence-electron chi connectivity index (χ1n) is 6.29. The molecule has 2 rings (SSSR count). The molecule has 0 bridgehead atoms. The summed E-state index contributed by atoms with van der Waals surface area (Å²) in [6.07, 6.45) is 0. The number of hydrogen-bond donors (Lipinski definition) is 2. The summed E-state index contributed by atoms with van der Waals surface area (Å²) in [6, 6.07) is 11.4. The van der Waals surface area contributed by atoms with Gasteiger partial charge in [0.05, 0.1) is 4.92 Å². The molecule has 112 valence electrons. The average molecular weight is 300 g/mol. The number of carbonyl (C=O) groups excluding carboxylic acids is 1. The largest absolute Gasteiger partial charge is 0.477 e. The van der Waals surface area contributed by atoms with Gasteiger partial charge in [-0.05, 0) is 23.3 Å². The van der Waals surface area contributed by atoms with Crippen molar-refractivity contribution >= 4 is 23.3 Å². The number of hydrogen-bond acceptors (Lipinski definition) is 4. The van der Waals surface area contributed by atoms with Crippen molar-refractivity contribution < 1.29 is 19.6 Å². The van der Waals surface area contributed by atoms with Crippen LogP contribution in [0.25, 0.3) is 11.1 Å². The zero-order valence-electron chi connectivity index (χ0n) is 11.6. The van der Waals surface area contributed by atoms with Crippen molar-refractivity contribution in [1.82, 2.24) is 0 Å². The number of anilines is 1. The number of rotatable bonds is 4. The van der Waals surface area contributed by atoms with Crippen LogP contribution in [0.5, 0.6) is 0 Å². The number of nitro benzene ring substituents is 1. The Hall–Kier alpha value is -3.22. The monoisotopic (exact) mass is 300 g/mol. The highest BCUT2D eigenvalue weighted by Gasteiger charge is 2.26. The van der Waals surface area contributed by atoms with Gasteiger partial charge >= 0.3 is 11.7 Å². The minimum absolute atomic E-state index is 0.142. The maximum absolute atomic E-state index is 11.3. The molecule has 0 aliphatic carbocycles. The fourth-order valence-electron chi connectivity index (χ4n) is 2.08. The molecule has 0 saturated heterocycles. The molecule has 22 heavy (non-hydrogen) atoms. The average Bonchev–Trinajstić information content (AvgIpc) is 2.46. The third-order valence-corrected chi connectivity index (χ3v) is 2.94. The van der Waals surface area contributed by atoms with E-state index in [1.165, 1.54) is 19.1 Å². The molecule has 0 atom stereocenters. The van der Waals surface area contributed by atoms with Crippen LogP contribution in [0, 0.1) is 10.1 Å². The van der Waals surface area contributed by atoms with Gasteiger partial charge in [0.25, 0.3) is 0 Å². The van der Waals surface area contributed by atoms with Crippen LogP contribution in [-0.4, -0.2) is 21.9 Å². The molecule has 7 nitrogen and oxygen atoms in total. The fourth-order valence-corrected chi connectivity index (χ4v) is 2.08. The van der Waals surface area contributed by atoms with E-state index >= 15 is 0 Å². The normalized spacial score (nSPS) is 10.0. The number of amides is 1. The zero-order chi connectivity index (χ0) is 16.3. The lowest BCUT2D eigenvalue weighted by molar-refractivity contribution is -0.384. The maximum Gasteiger partial charge on any atom is 0.342 e. The molecule has 0 heterocycles. The van der Waals surface area contributed by atoms with Gasteiger partial charge in [-0.15, -0.1) is 0 Å². The first kappa shape index (κ1) is 15.2. The number of nitrogens with one attached hydrogen (secondary N) is 1. The van der Waals surface area contributed by atoms with E-state index in [-0.39, 0.29) is 5.69 Å². The Morgan fingerprint density at radius 1 is 1.14 bits per heavy atom. The topological polar surface area (TPSA) is 110 Å². The minimum atomic E-state index is -1.43. The molecule has 0 aliphatic rings. The Labute approximate surface area is 125 Å². The second kappa shape index (κ2) is 6.04. The van der Waals surface area contributed by atoms with Crippen LogP contribution in [0.1, 0.15) is 17.3 Å². The van der Waals surface area contributed by atoms with Gasteiger partial charge in [0.1, 0.15) is 11.3 Å². The van der Waals surface area contributed by atoms with E-state index < -0.39 is 28.1 Å². The number of carbonyl (C=O) groups is 2. The number of aromatic carboxylic acids is 1. The highest BCUT2D eigenvalue weighted by atomic mass is 16.6. The summed E-state index contributed by atoms with van der Waals surface area (Å²) in [7, 11) is 0. The van der Waals surface area contributed by atoms with E-state index in [9.17, 15) is 24.8 Å². The van der Waals surface area contributed by atoms with Gasteiger partial charge in [-0.2, -0.15) is 0 Å². The number of benzene rings is 2. The Bertz CT molecular complexity index is 756. The third-order valence-electron chi connectivity index (χ3n) is 2.94. The van der Waals surface area contributed by atoms with Crippen molar-refractivity contribution in [2.45, 2.75) is 6.92 Å². The molecule has 0 fully saturated rings. The molecule has 0 aliphatic heterocycles. The van der Waals surface area contributed by atoms with Crippen LogP contribution in [0.3, 0.4) is 0 Å². The van der Waals surface area contributed by atoms with Gasteiger partial charge in [-0.3, -0.25) is 14.9 Å². The molecule has 2 aromatic carbocycles. The molecule has 0 unspecified atom stereocenters. The summed E-state index contributed by atoms with van der Waals surface area (Å²) in [5.41, 5.74) is -0.104. The highest BCUT2D eigenvalue weighted by Crippen LogP contribution is 2.34. The zero-order valence-corrected chi connectivity index (χ0v) is 11.6. The summed E-state index contributed by atoms with van der Waals surface area (Å²) in [5.74, 6) is -1.96.